The predicted octanol–water partition coefficient (Wildman–Crippen LogP) is 22.4. The lowest BCUT2D eigenvalue weighted by Crippen LogP contribution is -2.19. The van der Waals surface area contributed by atoms with Gasteiger partial charge < -0.3 is 0 Å². The van der Waals surface area contributed by atoms with Crippen LogP contribution in [0.4, 0.5) is 50.9 Å². The van der Waals surface area contributed by atoms with Crippen LogP contribution in [0.2, 0.25) is 0 Å². The van der Waals surface area contributed by atoms with E-state index in [0.717, 1.165) is 24.6 Å². The molecule has 0 bridgehead atoms. The number of rotatable bonds is 9. The Morgan fingerprint density at radius 1 is 0.521 bits per heavy atom. The smallest absolute Gasteiger partial charge is 0.264 e. The minimum Gasteiger partial charge on any atom is -0.264 e. The van der Waals surface area contributed by atoms with Gasteiger partial charge in [0.1, 0.15) is 29.3 Å². The molecule has 0 radical (unpaired) electrons. The molecule has 1 aliphatic carbocycles. The zero-order valence-corrected chi connectivity index (χ0v) is 56.8. The van der Waals surface area contributed by atoms with E-state index in [1.807, 2.05) is 59.7 Å². The molecule has 20 heteroatoms. The summed E-state index contributed by atoms with van der Waals surface area (Å²) in [6, 6.07) is 29.0. The lowest BCUT2D eigenvalue weighted by Gasteiger charge is -2.23. The van der Waals surface area contributed by atoms with Crippen molar-refractivity contribution in [1.29, 1.82) is 15.8 Å². The summed E-state index contributed by atoms with van der Waals surface area (Å²) in [4.78, 5) is 27.6. The maximum absolute atomic E-state index is 13.3. The first-order chi connectivity index (χ1) is 43.6. The van der Waals surface area contributed by atoms with Gasteiger partial charge in [0, 0.05) is 54.0 Å². The third-order valence-corrected chi connectivity index (χ3v) is 14.5. The van der Waals surface area contributed by atoms with Crippen LogP contribution in [-0.2, 0) is 5.41 Å². The Labute approximate surface area is 548 Å². The number of nitro groups is 2. The molecule has 0 amide bonds. The highest BCUT2D eigenvalue weighted by atomic mass is 19.2. The lowest BCUT2D eigenvalue weighted by atomic mass is 9.79. The van der Waals surface area contributed by atoms with E-state index in [-0.39, 0.29) is 86.4 Å². The second-order valence-corrected chi connectivity index (χ2v) is 25.6. The number of hydrogen-bond donors (Lipinski definition) is 0. The molecule has 0 saturated heterocycles. The Morgan fingerprint density at radius 3 is 1.37 bits per heavy atom. The maximum Gasteiger partial charge on any atom is 0.305 e. The zero-order chi connectivity index (χ0) is 72.3. The Balaban J connectivity index is 0.000000538. The van der Waals surface area contributed by atoms with E-state index < -0.39 is 56.1 Å². The van der Waals surface area contributed by atoms with Crippen LogP contribution in [0.25, 0.3) is 6.08 Å². The van der Waals surface area contributed by atoms with Crippen LogP contribution in [0.5, 0.6) is 0 Å². The number of benzene rings is 5. The largest absolute Gasteiger partial charge is 0.305 e. The van der Waals surface area contributed by atoms with Crippen molar-refractivity contribution >= 4 is 17.5 Å². The zero-order valence-electron chi connectivity index (χ0n) is 56.8. The number of non-ortho nitro benzene ring substituents is 1. The molecule has 1 saturated carbocycles. The van der Waals surface area contributed by atoms with Gasteiger partial charge in [-0.25, -0.2) is 35.1 Å². The normalized spacial score (nSPS) is 11.7. The van der Waals surface area contributed by atoms with Crippen molar-refractivity contribution in [2.75, 3.05) is 0 Å². The van der Waals surface area contributed by atoms with Gasteiger partial charge in [0.2, 0.25) is 5.82 Å². The highest BCUT2D eigenvalue weighted by Gasteiger charge is 2.52. The first kappa shape index (κ1) is 82.8. The van der Waals surface area contributed by atoms with Crippen molar-refractivity contribution < 1.29 is 49.4 Å². The van der Waals surface area contributed by atoms with E-state index in [0.29, 0.717) is 33.4 Å². The molecule has 1 aliphatic rings. The average molecular weight is 1310 g/mol. The predicted molar refractivity (Wildman–Crippen MR) is 353 cm³/mol. The van der Waals surface area contributed by atoms with Gasteiger partial charge in [-0.1, -0.05) is 162 Å². The van der Waals surface area contributed by atoms with Gasteiger partial charge in [0.25, 0.3) is 5.69 Å². The molecular weight excluding hydrogens is 1220 g/mol. The van der Waals surface area contributed by atoms with Crippen LogP contribution in [0, 0.1) is 117 Å². The van der Waals surface area contributed by atoms with Crippen LogP contribution in [0.1, 0.15) is 229 Å². The number of hydrogen-bond acceptors (Lipinski definition) is 9. The van der Waals surface area contributed by atoms with Gasteiger partial charge in [-0.2, -0.15) is 20.2 Å². The SMILES string of the molecule is C=Cc1ncccc1C(C)(C)C.CC(C)(C)C1(C#N)CC1.CC(C)c1c(F)c(F)cc(F)c1F.CC(C)c1cc(C#N)ccc1F.CC(C)c1cc([N+](=O)[O-])ccc1F.CC(C)c1cccc(C#N)c1F.CC(C)c1cccc([N+](=O)[O-])c1F.CC(C)c1cnccc1F. The quantitative estimate of drug-likeness (QED) is 0.0587. The first-order valence-corrected chi connectivity index (χ1v) is 30.3. The summed E-state index contributed by atoms with van der Waals surface area (Å²) in [5.41, 5.74) is 4.86. The Bertz CT molecular complexity index is 3740. The second-order valence-electron chi connectivity index (χ2n) is 25.6. The van der Waals surface area contributed by atoms with Crippen molar-refractivity contribution in [3.63, 3.8) is 0 Å². The average Bonchev–Trinajstić information content (AvgIpc) is 1.60. The molecule has 0 N–H and O–H groups in total. The molecule has 8 rings (SSSR count). The van der Waals surface area contributed by atoms with E-state index in [9.17, 15) is 59.7 Å². The molecule has 0 atom stereocenters. The summed E-state index contributed by atoms with van der Waals surface area (Å²) in [6.45, 7) is 38.3. The van der Waals surface area contributed by atoms with Crippen molar-refractivity contribution in [3.8, 4) is 18.2 Å². The van der Waals surface area contributed by atoms with Gasteiger partial charge in [0.15, 0.2) is 23.3 Å². The fourth-order valence-corrected chi connectivity index (χ4v) is 8.63. The van der Waals surface area contributed by atoms with E-state index in [2.05, 4.69) is 70.2 Å². The lowest BCUT2D eigenvalue weighted by molar-refractivity contribution is -0.387. The van der Waals surface area contributed by atoms with Crippen molar-refractivity contribution in [2.24, 2.45) is 10.8 Å². The van der Waals surface area contributed by atoms with Crippen molar-refractivity contribution in [2.45, 2.75) is 178 Å². The molecule has 0 aliphatic heterocycles. The maximum atomic E-state index is 13.3. The second kappa shape index (κ2) is 38.1. The van der Waals surface area contributed by atoms with Crippen LogP contribution >= 0.6 is 0 Å². The van der Waals surface area contributed by atoms with Crippen molar-refractivity contribution in [3.05, 3.63) is 251 Å². The standard InChI is InChI=1S/C11H15N.2C10H10FN.C9H8F4.2C9H10FNO2.C8H10FN.C8H13N/c1-5-10-9(11(2,3)4)7-6-8-12-10;1-7(2)9-5-8(6-12)3-4-10(9)11;1-7(2)9-5-3-4-8(6-12)10(9)11;1-4(2)7-8(12)5(10)3-6(11)9(7)13;1-6(2)8-5-7(11(12)13)3-4-9(8)10;1-6(2)7-4-3-5-8(9(7)10)11(12)13;1-6(2)7-5-10-4-3-8(7)9;1-7(2,3)8(6-9)4-5-8/h5-8H,1H2,2-4H3;2*3-5,7H,1-2H3;3-4H,1-2H3;2*3-6H,1-2H3;3-6H,1-2H3;4-5H2,1-3H3. The van der Waals surface area contributed by atoms with E-state index in [4.69, 9.17) is 15.8 Å². The molecule has 11 nitrogen and oxygen atoms in total. The topological polar surface area (TPSA) is 183 Å². The molecule has 0 spiro atoms. The van der Waals surface area contributed by atoms with Gasteiger partial charge in [-0.15, -0.1) is 0 Å². The third kappa shape index (κ3) is 25.4. The third-order valence-electron chi connectivity index (χ3n) is 14.5. The minimum atomic E-state index is -1.36. The van der Waals surface area contributed by atoms with E-state index in [1.165, 1.54) is 74.1 Å². The molecule has 2 aromatic heterocycles. The van der Waals surface area contributed by atoms with Gasteiger partial charge >= 0.3 is 5.69 Å². The highest BCUT2D eigenvalue weighted by molar-refractivity contribution is 5.49. The van der Waals surface area contributed by atoms with Gasteiger partial charge in [0.05, 0.1) is 44.2 Å². The van der Waals surface area contributed by atoms with E-state index >= 15 is 0 Å². The minimum absolute atomic E-state index is 0.0347. The molecule has 5 aromatic carbocycles. The fourth-order valence-electron chi connectivity index (χ4n) is 8.63. The Kier molecular flexibility index (Phi) is 33.5. The monoisotopic (exact) mass is 1310 g/mol. The molecular formula is C74H86F9N7O4. The summed E-state index contributed by atoms with van der Waals surface area (Å²) in [7, 11) is 0. The Hall–Kier alpha value is -9.22. The van der Waals surface area contributed by atoms with Crippen LogP contribution < -0.4 is 0 Å². The molecule has 0 unspecified atom stereocenters. The number of nitro benzene ring substituents is 2. The summed E-state index contributed by atoms with van der Waals surface area (Å²) in [5, 5.41) is 46.6. The van der Waals surface area contributed by atoms with Crippen LogP contribution in [0.3, 0.4) is 0 Å². The van der Waals surface area contributed by atoms with Gasteiger partial charge in [-0.3, -0.25) is 30.2 Å². The summed E-state index contributed by atoms with van der Waals surface area (Å²) in [5.74, 6) is -7.43. The molecule has 504 valence electrons. The van der Waals surface area contributed by atoms with Crippen LogP contribution in [-0.4, -0.2) is 19.8 Å². The fraction of sp³-hybridized carbons (Fsp3) is 0.392. The molecule has 7 aromatic rings. The number of pyridine rings is 2. The summed E-state index contributed by atoms with van der Waals surface area (Å²) in [6.07, 6.45) is 8.84. The number of aromatic nitrogens is 2. The molecule has 94 heavy (non-hydrogen) atoms. The molecule has 2 heterocycles. The summed E-state index contributed by atoms with van der Waals surface area (Å²) < 4.78 is 117. The van der Waals surface area contributed by atoms with Gasteiger partial charge in [-0.05, 0) is 136 Å². The highest BCUT2D eigenvalue weighted by Crippen LogP contribution is 2.57. The van der Waals surface area contributed by atoms with E-state index in [1.54, 1.807) is 70.4 Å². The first-order valence-electron chi connectivity index (χ1n) is 30.3. The van der Waals surface area contributed by atoms with Crippen LogP contribution in [0.15, 0.2) is 122 Å². The number of nitrogens with zero attached hydrogens (tertiary/aromatic N) is 7. The Morgan fingerprint density at radius 2 is 1.00 bits per heavy atom. The van der Waals surface area contributed by atoms with Crippen molar-refractivity contribution in [1.82, 2.24) is 9.97 Å². The number of nitriles is 3. The number of halogens is 9. The summed E-state index contributed by atoms with van der Waals surface area (Å²) >= 11 is 0. The molecule has 1 fully saturated rings.